The number of aromatic amines is 1. The molecule has 0 atom stereocenters. The fraction of sp³-hybridized carbons (Fsp3) is 0.538. The molecule has 2 rings (SSSR count). The lowest BCUT2D eigenvalue weighted by Crippen LogP contribution is -2.42. The van der Waals surface area contributed by atoms with Crippen LogP contribution in [0.2, 0.25) is 0 Å². The van der Waals surface area contributed by atoms with Crippen LogP contribution in [-0.2, 0) is 11.2 Å². The van der Waals surface area contributed by atoms with E-state index in [0.29, 0.717) is 23.2 Å². The second-order valence-electron chi connectivity index (χ2n) is 4.47. The number of likely N-dealkylation sites (tertiary alicyclic amines) is 1. The van der Waals surface area contributed by atoms with Crippen LogP contribution in [0.4, 0.5) is 0 Å². The van der Waals surface area contributed by atoms with Gasteiger partial charge in [-0.15, -0.1) is 0 Å². The lowest BCUT2D eigenvalue weighted by Gasteiger charge is -2.30. The molecule has 0 saturated carbocycles. The van der Waals surface area contributed by atoms with Crippen LogP contribution in [0.3, 0.4) is 0 Å². The molecule has 0 aromatic carbocycles. The van der Waals surface area contributed by atoms with Crippen LogP contribution < -0.4 is 0 Å². The summed E-state index contributed by atoms with van der Waals surface area (Å²) in [5, 5.41) is 0. The lowest BCUT2D eigenvalue weighted by molar-refractivity contribution is 0.0599. The average Bonchev–Trinajstić information content (AvgIpc) is 2.63. The predicted molar refractivity (Wildman–Crippen MR) is 66.8 cm³/mol. The minimum Gasteiger partial charge on any atom is -0.465 e. The van der Waals surface area contributed by atoms with Crippen molar-refractivity contribution < 1.29 is 14.3 Å². The van der Waals surface area contributed by atoms with Gasteiger partial charge in [0.15, 0.2) is 0 Å². The third-order valence-electron chi connectivity index (χ3n) is 3.43. The standard InChI is InChI=1S/C13H18N2O3/c1-4-9-10(13(17)18-3)8(2)11(14-9)12(16)15-6-5-7-15/h14H,4-7H2,1-3H3. The van der Waals surface area contributed by atoms with E-state index in [1.807, 2.05) is 6.92 Å². The normalized spacial score (nSPS) is 14.3. The summed E-state index contributed by atoms with van der Waals surface area (Å²) in [7, 11) is 1.35. The van der Waals surface area contributed by atoms with E-state index in [9.17, 15) is 9.59 Å². The number of aromatic nitrogens is 1. The first-order chi connectivity index (χ1) is 8.60. The van der Waals surface area contributed by atoms with Gasteiger partial charge in [-0.1, -0.05) is 6.92 Å². The molecule has 0 spiro atoms. The van der Waals surface area contributed by atoms with Gasteiger partial charge in [-0.25, -0.2) is 4.79 Å². The Labute approximate surface area is 106 Å². The Morgan fingerprint density at radius 2 is 2.06 bits per heavy atom. The van der Waals surface area contributed by atoms with E-state index in [1.165, 1.54) is 7.11 Å². The van der Waals surface area contributed by atoms with E-state index in [4.69, 9.17) is 4.74 Å². The molecule has 1 N–H and O–H groups in total. The second kappa shape index (κ2) is 4.84. The number of rotatable bonds is 3. The smallest absolute Gasteiger partial charge is 0.339 e. The maximum absolute atomic E-state index is 12.2. The van der Waals surface area contributed by atoms with E-state index >= 15 is 0 Å². The molecule has 1 aliphatic heterocycles. The maximum atomic E-state index is 12.2. The van der Waals surface area contributed by atoms with E-state index in [0.717, 1.165) is 25.2 Å². The molecule has 98 valence electrons. The molecule has 1 saturated heterocycles. The number of carbonyl (C=O) groups excluding carboxylic acids is 2. The third kappa shape index (κ3) is 1.89. The van der Waals surface area contributed by atoms with Crippen molar-refractivity contribution in [2.45, 2.75) is 26.7 Å². The Kier molecular flexibility index (Phi) is 3.41. The summed E-state index contributed by atoms with van der Waals surface area (Å²) in [6.07, 6.45) is 1.72. The average molecular weight is 250 g/mol. The first-order valence-corrected chi connectivity index (χ1v) is 6.19. The molecule has 1 aliphatic rings. The number of hydrogen-bond donors (Lipinski definition) is 1. The molecule has 1 aromatic heterocycles. The van der Waals surface area contributed by atoms with Crippen molar-refractivity contribution in [1.82, 2.24) is 9.88 Å². The fourth-order valence-electron chi connectivity index (χ4n) is 2.19. The number of methoxy groups -OCH3 is 1. The van der Waals surface area contributed by atoms with Crippen LogP contribution in [0.1, 0.15) is 45.4 Å². The molecule has 1 amide bonds. The topological polar surface area (TPSA) is 62.4 Å². The molecule has 0 aliphatic carbocycles. The van der Waals surface area contributed by atoms with E-state index in [-0.39, 0.29) is 11.9 Å². The summed E-state index contributed by atoms with van der Waals surface area (Å²) >= 11 is 0. The van der Waals surface area contributed by atoms with Gasteiger partial charge in [-0.2, -0.15) is 0 Å². The summed E-state index contributed by atoms with van der Waals surface area (Å²) in [5.41, 5.74) is 2.48. The number of nitrogens with zero attached hydrogens (tertiary/aromatic N) is 1. The minimum atomic E-state index is -0.386. The van der Waals surface area contributed by atoms with Crippen molar-refractivity contribution in [3.8, 4) is 0 Å². The van der Waals surface area contributed by atoms with Gasteiger partial charge in [0.2, 0.25) is 0 Å². The zero-order valence-electron chi connectivity index (χ0n) is 11.0. The van der Waals surface area contributed by atoms with Crippen molar-refractivity contribution in [1.29, 1.82) is 0 Å². The Bertz CT molecular complexity index is 487. The van der Waals surface area contributed by atoms with Gasteiger partial charge < -0.3 is 14.6 Å². The molecule has 1 fully saturated rings. The Morgan fingerprint density at radius 1 is 1.39 bits per heavy atom. The molecule has 5 heteroatoms. The highest BCUT2D eigenvalue weighted by Crippen LogP contribution is 2.22. The first-order valence-electron chi connectivity index (χ1n) is 6.19. The summed E-state index contributed by atoms with van der Waals surface area (Å²) < 4.78 is 4.77. The molecule has 1 aromatic rings. The first kappa shape index (κ1) is 12.7. The van der Waals surface area contributed by atoms with Crippen molar-refractivity contribution in [2.24, 2.45) is 0 Å². The summed E-state index contributed by atoms with van der Waals surface area (Å²) in [5.74, 6) is -0.410. The van der Waals surface area contributed by atoms with Crippen molar-refractivity contribution >= 4 is 11.9 Å². The van der Waals surface area contributed by atoms with Crippen LogP contribution in [0.15, 0.2) is 0 Å². The van der Waals surface area contributed by atoms with Gasteiger partial charge in [0.25, 0.3) is 5.91 Å². The highest BCUT2D eigenvalue weighted by molar-refractivity contribution is 6.00. The number of esters is 1. The van der Waals surface area contributed by atoms with Crippen LogP contribution in [0, 0.1) is 6.92 Å². The van der Waals surface area contributed by atoms with Crippen LogP contribution in [0.5, 0.6) is 0 Å². The van der Waals surface area contributed by atoms with Crippen LogP contribution >= 0.6 is 0 Å². The third-order valence-corrected chi connectivity index (χ3v) is 3.43. The SMILES string of the molecule is CCc1[nH]c(C(=O)N2CCC2)c(C)c1C(=O)OC. The molecule has 5 nitrogen and oxygen atoms in total. The number of amides is 1. The molecule has 0 bridgehead atoms. The zero-order valence-corrected chi connectivity index (χ0v) is 11.0. The van der Waals surface area contributed by atoms with Crippen molar-refractivity contribution in [3.63, 3.8) is 0 Å². The molecule has 18 heavy (non-hydrogen) atoms. The largest absolute Gasteiger partial charge is 0.465 e. The molecule has 2 heterocycles. The molecular weight excluding hydrogens is 232 g/mol. The quantitative estimate of drug-likeness (QED) is 0.827. The number of carbonyl (C=O) groups is 2. The van der Waals surface area contributed by atoms with Gasteiger partial charge in [-0.3, -0.25) is 4.79 Å². The highest BCUT2D eigenvalue weighted by atomic mass is 16.5. The van der Waals surface area contributed by atoms with Gasteiger partial charge in [-0.05, 0) is 25.3 Å². The fourth-order valence-corrected chi connectivity index (χ4v) is 2.19. The molecule has 0 unspecified atom stereocenters. The highest BCUT2D eigenvalue weighted by Gasteiger charge is 2.28. The van der Waals surface area contributed by atoms with Gasteiger partial charge in [0.1, 0.15) is 5.69 Å². The van der Waals surface area contributed by atoms with Crippen LogP contribution in [0.25, 0.3) is 0 Å². The maximum Gasteiger partial charge on any atom is 0.339 e. The van der Waals surface area contributed by atoms with Gasteiger partial charge >= 0.3 is 5.97 Å². The number of aryl methyl sites for hydroxylation is 1. The number of nitrogens with one attached hydrogen (secondary N) is 1. The second-order valence-corrected chi connectivity index (χ2v) is 4.47. The van der Waals surface area contributed by atoms with Gasteiger partial charge in [0, 0.05) is 18.8 Å². The van der Waals surface area contributed by atoms with E-state index in [2.05, 4.69) is 4.98 Å². The Morgan fingerprint density at radius 3 is 2.50 bits per heavy atom. The molecular formula is C13H18N2O3. The monoisotopic (exact) mass is 250 g/mol. The molecule has 0 radical (unpaired) electrons. The van der Waals surface area contributed by atoms with Crippen LogP contribution in [-0.4, -0.2) is 42.0 Å². The van der Waals surface area contributed by atoms with E-state index < -0.39 is 0 Å². The Hall–Kier alpha value is -1.78. The van der Waals surface area contributed by atoms with Gasteiger partial charge in [0.05, 0.1) is 12.7 Å². The summed E-state index contributed by atoms with van der Waals surface area (Å²) in [6.45, 7) is 5.32. The summed E-state index contributed by atoms with van der Waals surface area (Å²) in [6, 6.07) is 0. The van der Waals surface area contributed by atoms with Crippen molar-refractivity contribution in [2.75, 3.05) is 20.2 Å². The predicted octanol–water partition coefficient (Wildman–Crippen LogP) is 1.52. The zero-order chi connectivity index (χ0) is 13.3. The lowest BCUT2D eigenvalue weighted by atomic mass is 10.1. The van der Waals surface area contributed by atoms with Crippen molar-refractivity contribution in [3.05, 3.63) is 22.5 Å². The summed E-state index contributed by atoms with van der Waals surface area (Å²) in [4.78, 5) is 28.8. The number of hydrogen-bond acceptors (Lipinski definition) is 3. The Balaban J connectivity index is 2.40. The van der Waals surface area contributed by atoms with E-state index in [1.54, 1.807) is 11.8 Å². The minimum absolute atomic E-state index is 0.0244. The number of ether oxygens (including phenoxy) is 1. The number of H-pyrrole nitrogens is 1.